The Balaban J connectivity index is 1.55. The van der Waals surface area contributed by atoms with Crippen LogP contribution in [0.15, 0.2) is 54.6 Å². The number of benzene rings is 2. The zero-order valence-electron chi connectivity index (χ0n) is 14.8. The lowest BCUT2D eigenvalue weighted by Crippen LogP contribution is -2.48. The molecule has 25 heavy (non-hydrogen) atoms. The van der Waals surface area contributed by atoms with Gasteiger partial charge in [0, 0.05) is 37.9 Å². The molecule has 1 aliphatic heterocycles. The van der Waals surface area contributed by atoms with Gasteiger partial charge in [0.15, 0.2) is 0 Å². The third-order valence-electron chi connectivity index (χ3n) is 4.49. The summed E-state index contributed by atoms with van der Waals surface area (Å²) in [5.41, 5.74) is 3.43. The maximum atomic E-state index is 12.4. The molecule has 1 aliphatic rings. The van der Waals surface area contributed by atoms with Gasteiger partial charge in [0.25, 0.3) is 0 Å². The van der Waals surface area contributed by atoms with Crippen molar-refractivity contribution in [3.8, 4) is 5.75 Å². The van der Waals surface area contributed by atoms with Crippen molar-refractivity contribution in [1.82, 2.24) is 4.90 Å². The third kappa shape index (κ3) is 4.41. The summed E-state index contributed by atoms with van der Waals surface area (Å²) in [6, 6.07) is 16.2. The molecule has 1 saturated heterocycles. The van der Waals surface area contributed by atoms with E-state index in [9.17, 15) is 4.79 Å². The second-order valence-corrected chi connectivity index (χ2v) is 6.26. The van der Waals surface area contributed by atoms with Gasteiger partial charge in [-0.15, -0.1) is 0 Å². The van der Waals surface area contributed by atoms with Crippen LogP contribution >= 0.6 is 0 Å². The van der Waals surface area contributed by atoms with Crippen LogP contribution in [0.5, 0.6) is 5.75 Å². The van der Waals surface area contributed by atoms with E-state index in [2.05, 4.69) is 36.1 Å². The van der Waals surface area contributed by atoms with Crippen LogP contribution in [0.25, 0.3) is 6.08 Å². The Kier molecular flexibility index (Phi) is 5.39. The summed E-state index contributed by atoms with van der Waals surface area (Å²) in [6.45, 7) is 5.22. The quantitative estimate of drug-likeness (QED) is 0.803. The molecule has 0 spiro atoms. The van der Waals surface area contributed by atoms with Crippen molar-refractivity contribution in [3.05, 3.63) is 65.7 Å². The molecule has 0 bridgehead atoms. The van der Waals surface area contributed by atoms with Gasteiger partial charge in [0.05, 0.1) is 7.11 Å². The number of ether oxygens (including phenoxy) is 1. The molecule has 2 aromatic carbocycles. The Morgan fingerprint density at radius 2 is 1.76 bits per heavy atom. The average molecular weight is 336 g/mol. The van der Waals surface area contributed by atoms with E-state index >= 15 is 0 Å². The third-order valence-corrected chi connectivity index (χ3v) is 4.49. The summed E-state index contributed by atoms with van der Waals surface area (Å²) < 4.78 is 5.20. The van der Waals surface area contributed by atoms with Crippen LogP contribution in [0, 0.1) is 6.92 Å². The fraction of sp³-hybridized carbons (Fsp3) is 0.286. The number of methoxy groups -OCH3 is 1. The summed E-state index contributed by atoms with van der Waals surface area (Å²) in [4.78, 5) is 16.6. The lowest BCUT2D eigenvalue weighted by molar-refractivity contribution is -0.126. The number of hydrogen-bond acceptors (Lipinski definition) is 3. The minimum atomic E-state index is 0.0795. The summed E-state index contributed by atoms with van der Waals surface area (Å²) in [5, 5.41) is 0. The van der Waals surface area contributed by atoms with Crippen LogP contribution in [0.3, 0.4) is 0 Å². The highest BCUT2D eigenvalue weighted by atomic mass is 16.5. The lowest BCUT2D eigenvalue weighted by Gasteiger charge is -2.35. The number of nitrogens with zero attached hydrogens (tertiary/aromatic N) is 2. The number of carbonyl (C=O) groups is 1. The summed E-state index contributed by atoms with van der Waals surface area (Å²) in [7, 11) is 1.67. The van der Waals surface area contributed by atoms with Crippen LogP contribution in [-0.2, 0) is 4.79 Å². The molecule has 1 heterocycles. The average Bonchev–Trinajstić information content (AvgIpc) is 2.66. The SMILES string of the molecule is COc1ccc(N2CCN(C(=O)/C=C/c3cccc(C)c3)CC2)cc1. The molecule has 1 fully saturated rings. The molecule has 1 amide bonds. The van der Waals surface area contributed by atoms with E-state index in [1.807, 2.05) is 35.2 Å². The zero-order valence-corrected chi connectivity index (χ0v) is 14.8. The van der Waals surface area contributed by atoms with Gasteiger partial charge in [-0.25, -0.2) is 0 Å². The maximum absolute atomic E-state index is 12.4. The molecule has 0 radical (unpaired) electrons. The number of hydrogen-bond donors (Lipinski definition) is 0. The van der Waals surface area contributed by atoms with Crippen molar-refractivity contribution >= 4 is 17.7 Å². The first kappa shape index (κ1) is 17.1. The fourth-order valence-corrected chi connectivity index (χ4v) is 3.02. The van der Waals surface area contributed by atoms with E-state index in [1.54, 1.807) is 13.2 Å². The minimum absolute atomic E-state index is 0.0795. The highest BCUT2D eigenvalue weighted by molar-refractivity contribution is 5.92. The first-order valence-electron chi connectivity index (χ1n) is 8.58. The number of rotatable bonds is 4. The number of piperazine rings is 1. The fourth-order valence-electron chi connectivity index (χ4n) is 3.02. The largest absolute Gasteiger partial charge is 0.497 e. The Morgan fingerprint density at radius 1 is 1.04 bits per heavy atom. The normalized spacial score (nSPS) is 14.8. The molecule has 130 valence electrons. The van der Waals surface area contributed by atoms with Crippen molar-refractivity contribution in [2.45, 2.75) is 6.92 Å². The Bertz CT molecular complexity index is 745. The van der Waals surface area contributed by atoms with Gasteiger partial charge in [0.2, 0.25) is 5.91 Å². The van der Waals surface area contributed by atoms with Gasteiger partial charge in [-0.3, -0.25) is 4.79 Å². The van der Waals surface area contributed by atoms with Gasteiger partial charge < -0.3 is 14.5 Å². The molecule has 0 aromatic heterocycles. The van der Waals surface area contributed by atoms with Crippen molar-refractivity contribution in [2.75, 3.05) is 38.2 Å². The number of anilines is 1. The van der Waals surface area contributed by atoms with E-state index in [-0.39, 0.29) is 5.91 Å². The van der Waals surface area contributed by atoms with Crippen LogP contribution in [0.4, 0.5) is 5.69 Å². The van der Waals surface area contributed by atoms with Crippen LogP contribution in [0.1, 0.15) is 11.1 Å². The topological polar surface area (TPSA) is 32.8 Å². The van der Waals surface area contributed by atoms with Gasteiger partial charge in [0.1, 0.15) is 5.75 Å². The molecule has 0 aliphatic carbocycles. The van der Waals surface area contributed by atoms with Crippen molar-refractivity contribution in [2.24, 2.45) is 0 Å². The predicted molar refractivity (Wildman–Crippen MR) is 102 cm³/mol. The molecule has 4 nitrogen and oxygen atoms in total. The monoisotopic (exact) mass is 336 g/mol. The van der Waals surface area contributed by atoms with E-state index < -0.39 is 0 Å². The van der Waals surface area contributed by atoms with Crippen molar-refractivity contribution in [1.29, 1.82) is 0 Å². The maximum Gasteiger partial charge on any atom is 0.246 e. The molecule has 0 saturated carbocycles. The minimum Gasteiger partial charge on any atom is -0.497 e. The Morgan fingerprint density at radius 3 is 2.40 bits per heavy atom. The van der Waals surface area contributed by atoms with Gasteiger partial charge in [-0.1, -0.05) is 29.8 Å². The molecule has 3 rings (SSSR count). The van der Waals surface area contributed by atoms with Gasteiger partial charge in [-0.05, 0) is 42.8 Å². The first-order valence-corrected chi connectivity index (χ1v) is 8.58. The molecule has 0 N–H and O–H groups in total. The number of carbonyl (C=O) groups excluding carboxylic acids is 1. The van der Waals surface area contributed by atoms with Gasteiger partial charge >= 0.3 is 0 Å². The second-order valence-electron chi connectivity index (χ2n) is 6.26. The first-order chi connectivity index (χ1) is 12.2. The van der Waals surface area contributed by atoms with Crippen LogP contribution < -0.4 is 9.64 Å². The smallest absolute Gasteiger partial charge is 0.246 e. The summed E-state index contributed by atoms with van der Waals surface area (Å²) in [6.07, 6.45) is 3.57. The zero-order chi connectivity index (χ0) is 17.6. The summed E-state index contributed by atoms with van der Waals surface area (Å²) in [5.74, 6) is 0.940. The second kappa shape index (κ2) is 7.88. The van der Waals surface area contributed by atoms with E-state index in [4.69, 9.17) is 4.74 Å². The molecular weight excluding hydrogens is 312 g/mol. The van der Waals surface area contributed by atoms with Crippen molar-refractivity contribution < 1.29 is 9.53 Å². The number of aryl methyl sites for hydroxylation is 1. The Hall–Kier alpha value is -2.75. The Labute approximate surface area is 149 Å². The lowest BCUT2D eigenvalue weighted by atomic mass is 10.1. The highest BCUT2D eigenvalue weighted by Crippen LogP contribution is 2.20. The standard InChI is InChI=1S/C21H24N2O2/c1-17-4-3-5-18(16-17)6-11-21(24)23-14-12-22(13-15-23)19-7-9-20(25-2)10-8-19/h3-11,16H,12-15H2,1-2H3/b11-6+. The van der Waals surface area contributed by atoms with Gasteiger partial charge in [-0.2, -0.15) is 0 Å². The summed E-state index contributed by atoms with van der Waals surface area (Å²) >= 11 is 0. The molecular formula is C21H24N2O2. The molecule has 4 heteroatoms. The molecule has 0 atom stereocenters. The predicted octanol–water partition coefficient (Wildman–Crippen LogP) is 3.37. The molecule has 0 unspecified atom stereocenters. The highest BCUT2D eigenvalue weighted by Gasteiger charge is 2.19. The van der Waals surface area contributed by atoms with Crippen molar-refractivity contribution in [3.63, 3.8) is 0 Å². The van der Waals surface area contributed by atoms with Crippen LogP contribution in [-0.4, -0.2) is 44.1 Å². The molecule has 2 aromatic rings. The van der Waals surface area contributed by atoms with E-state index in [0.29, 0.717) is 0 Å². The number of amides is 1. The van der Waals surface area contributed by atoms with E-state index in [1.165, 1.54) is 11.3 Å². The van der Waals surface area contributed by atoms with Crippen LogP contribution in [0.2, 0.25) is 0 Å². The van der Waals surface area contributed by atoms with E-state index in [0.717, 1.165) is 37.5 Å².